The Labute approximate surface area is 126 Å². The average Bonchev–Trinajstić information content (AvgIpc) is 2.44. The van der Waals surface area contributed by atoms with Gasteiger partial charge in [0.05, 0.1) is 13.2 Å². The van der Waals surface area contributed by atoms with E-state index in [4.69, 9.17) is 4.74 Å². The quantitative estimate of drug-likeness (QED) is 0.814. The van der Waals surface area contributed by atoms with Gasteiger partial charge >= 0.3 is 0 Å². The van der Waals surface area contributed by atoms with Crippen molar-refractivity contribution in [2.24, 2.45) is 0 Å². The predicted molar refractivity (Wildman–Crippen MR) is 86.2 cm³/mol. The Hall–Kier alpha value is -1.45. The van der Waals surface area contributed by atoms with Gasteiger partial charge < -0.3 is 10.1 Å². The first-order valence-corrected chi connectivity index (χ1v) is 7.46. The molecule has 0 saturated heterocycles. The van der Waals surface area contributed by atoms with Crippen LogP contribution in [-0.4, -0.2) is 25.3 Å². The van der Waals surface area contributed by atoms with Crippen LogP contribution in [0.5, 0.6) is 0 Å². The zero-order valence-electron chi connectivity index (χ0n) is 13.1. The Morgan fingerprint density at radius 2 is 1.71 bits per heavy atom. The van der Waals surface area contributed by atoms with Crippen molar-refractivity contribution in [3.05, 3.63) is 47.8 Å². The van der Waals surface area contributed by atoms with E-state index in [9.17, 15) is 4.39 Å². The Morgan fingerprint density at radius 1 is 1.00 bits per heavy atom. The molecule has 0 aliphatic rings. The highest BCUT2D eigenvalue weighted by atomic mass is 19.1. The second kappa shape index (κ2) is 7.01. The first kappa shape index (κ1) is 15.9. The summed E-state index contributed by atoms with van der Waals surface area (Å²) in [6, 6.07) is 11.0. The lowest BCUT2D eigenvalue weighted by Crippen LogP contribution is -2.38. The molecule has 2 aromatic carbocycles. The van der Waals surface area contributed by atoms with Crippen LogP contribution in [0.4, 0.5) is 4.39 Å². The van der Waals surface area contributed by atoms with Gasteiger partial charge in [-0.25, -0.2) is 4.39 Å². The lowest BCUT2D eigenvalue weighted by atomic mass is 10.0. The molecular formula is C18H24FNO. The topological polar surface area (TPSA) is 21.3 Å². The number of benzene rings is 2. The summed E-state index contributed by atoms with van der Waals surface area (Å²) < 4.78 is 19.4. The molecule has 114 valence electrons. The van der Waals surface area contributed by atoms with E-state index < -0.39 is 0 Å². The summed E-state index contributed by atoms with van der Waals surface area (Å²) in [7, 11) is 0. The molecule has 0 amide bonds. The number of hydrogen-bond acceptors (Lipinski definition) is 2. The van der Waals surface area contributed by atoms with Gasteiger partial charge in [-0.05, 0) is 44.2 Å². The summed E-state index contributed by atoms with van der Waals surface area (Å²) in [6.45, 7) is 8.60. The first-order chi connectivity index (χ1) is 9.97. The van der Waals surface area contributed by atoms with E-state index in [1.165, 1.54) is 0 Å². The van der Waals surface area contributed by atoms with Crippen molar-refractivity contribution in [3.63, 3.8) is 0 Å². The molecule has 0 saturated carbocycles. The minimum Gasteiger partial charge on any atom is -0.380 e. The van der Waals surface area contributed by atoms with Gasteiger partial charge in [0.2, 0.25) is 0 Å². The zero-order valence-corrected chi connectivity index (χ0v) is 13.1. The number of fused-ring (bicyclic) bond motifs is 1. The van der Waals surface area contributed by atoms with Crippen LogP contribution in [0.15, 0.2) is 36.4 Å². The van der Waals surface area contributed by atoms with Crippen molar-refractivity contribution in [1.29, 1.82) is 0 Å². The van der Waals surface area contributed by atoms with Crippen molar-refractivity contribution >= 4 is 10.8 Å². The third-order valence-electron chi connectivity index (χ3n) is 3.38. The van der Waals surface area contributed by atoms with E-state index in [0.29, 0.717) is 18.6 Å². The van der Waals surface area contributed by atoms with Crippen molar-refractivity contribution in [2.45, 2.75) is 32.7 Å². The summed E-state index contributed by atoms with van der Waals surface area (Å²) >= 11 is 0. The molecule has 0 unspecified atom stereocenters. The van der Waals surface area contributed by atoms with E-state index >= 15 is 0 Å². The molecule has 0 spiro atoms. The maximum absolute atomic E-state index is 13.7. The van der Waals surface area contributed by atoms with Gasteiger partial charge in [0.15, 0.2) is 0 Å². The van der Waals surface area contributed by atoms with Crippen LogP contribution in [0.3, 0.4) is 0 Å². The molecule has 2 aromatic rings. The Kier molecular flexibility index (Phi) is 5.32. The third kappa shape index (κ3) is 4.80. The van der Waals surface area contributed by atoms with Crippen LogP contribution in [0.2, 0.25) is 0 Å². The zero-order chi connectivity index (χ0) is 15.3. The maximum atomic E-state index is 13.7. The predicted octanol–water partition coefficient (Wildman–Crippen LogP) is 3.93. The van der Waals surface area contributed by atoms with Crippen LogP contribution in [0.1, 0.15) is 26.3 Å². The van der Waals surface area contributed by atoms with Gasteiger partial charge in [0, 0.05) is 17.5 Å². The second-order valence-electron chi connectivity index (χ2n) is 6.29. The van der Waals surface area contributed by atoms with Crippen molar-refractivity contribution in [2.75, 3.05) is 19.8 Å². The minimum absolute atomic E-state index is 0.122. The van der Waals surface area contributed by atoms with E-state index in [-0.39, 0.29) is 11.4 Å². The fourth-order valence-corrected chi connectivity index (χ4v) is 2.33. The summed E-state index contributed by atoms with van der Waals surface area (Å²) in [5.74, 6) is -0.162. The molecule has 0 aromatic heterocycles. The highest BCUT2D eigenvalue weighted by Gasteiger charge is 2.08. The highest BCUT2D eigenvalue weighted by molar-refractivity contribution is 5.86. The van der Waals surface area contributed by atoms with E-state index in [2.05, 4.69) is 26.1 Å². The van der Waals surface area contributed by atoms with E-state index in [1.54, 1.807) is 6.07 Å². The first-order valence-electron chi connectivity index (χ1n) is 7.46. The second-order valence-corrected chi connectivity index (χ2v) is 6.29. The smallest absolute Gasteiger partial charge is 0.131 e. The van der Waals surface area contributed by atoms with Crippen LogP contribution >= 0.6 is 0 Å². The molecular weight excluding hydrogens is 265 g/mol. The van der Waals surface area contributed by atoms with E-state index in [0.717, 1.165) is 23.9 Å². The fraction of sp³-hybridized carbons (Fsp3) is 0.444. The SMILES string of the molecule is CC(C)(C)NCCOCCc1ccc(F)c2ccccc12. The molecule has 0 bridgehead atoms. The molecule has 2 nitrogen and oxygen atoms in total. The lowest BCUT2D eigenvalue weighted by Gasteiger charge is -2.20. The van der Waals surface area contributed by atoms with Gasteiger partial charge in [-0.15, -0.1) is 0 Å². The molecule has 0 atom stereocenters. The minimum atomic E-state index is -0.162. The Balaban J connectivity index is 1.86. The molecule has 2 rings (SSSR count). The molecule has 0 aliphatic heterocycles. The average molecular weight is 289 g/mol. The fourth-order valence-electron chi connectivity index (χ4n) is 2.33. The molecule has 3 heteroatoms. The number of rotatable bonds is 6. The van der Waals surface area contributed by atoms with Crippen molar-refractivity contribution in [1.82, 2.24) is 5.32 Å². The van der Waals surface area contributed by atoms with Crippen LogP contribution in [0.25, 0.3) is 10.8 Å². The summed E-state index contributed by atoms with van der Waals surface area (Å²) in [5, 5.41) is 5.05. The highest BCUT2D eigenvalue weighted by Crippen LogP contribution is 2.22. The molecule has 0 aliphatic carbocycles. The number of halogens is 1. The number of ether oxygens (including phenoxy) is 1. The maximum Gasteiger partial charge on any atom is 0.131 e. The van der Waals surface area contributed by atoms with Gasteiger partial charge in [0.25, 0.3) is 0 Å². The van der Waals surface area contributed by atoms with Gasteiger partial charge in [-0.2, -0.15) is 0 Å². The van der Waals surface area contributed by atoms with Crippen molar-refractivity contribution < 1.29 is 9.13 Å². The van der Waals surface area contributed by atoms with Gasteiger partial charge in [-0.1, -0.05) is 30.3 Å². The van der Waals surface area contributed by atoms with Crippen LogP contribution < -0.4 is 5.32 Å². The number of nitrogens with one attached hydrogen (secondary N) is 1. The molecule has 0 fully saturated rings. The lowest BCUT2D eigenvalue weighted by molar-refractivity contribution is 0.134. The molecule has 0 heterocycles. The van der Waals surface area contributed by atoms with Gasteiger partial charge in [-0.3, -0.25) is 0 Å². The third-order valence-corrected chi connectivity index (χ3v) is 3.38. The Morgan fingerprint density at radius 3 is 2.43 bits per heavy atom. The van der Waals surface area contributed by atoms with Crippen LogP contribution in [0, 0.1) is 5.82 Å². The number of hydrogen-bond donors (Lipinski definition) is 1. The molecule has 0 radical (unpaired) electrons. The largest absolute Gasteiger partial charge is 0.380 e. The van der Waals surface area contributed by atoms with Gasteiger partial charge in [0.1, 0.15) is 5.82 Å². The molecule has 1 N–H and O–H groups in total. The van der Waals surface area contributed by atoms with Crippen molar-refractivity contribution in [3.8, 4) is 0 Å². The summed E-state index contributed by atoms with van der Waals surface area (Å²) in [6.07, 6.45) is 0.802. The molecule has 21 heavy (non-hydrogen) atoms. The van der Waals surface area contributed by atoms with Crippen LogP contribution in [-0.2, 0) is 11.2 Å². The summed E-state index contributed by atoms with van der Waals surface area (Å²) in [5.41, 5.74) is 1.26. The van der Waals surface area contributed by atoms with E-state index in [1.807, 2.05) is 30.3 Å². The summed E-state index contributed by atoms with van der Waals surface area (Å²) in [4.78, 5) is 0. The Bertz CT molecular complexity index is 589. The standard InChI is InChI=1S/C18H24FNO/c1-18(2,3)20-11-13-21-12-10-14-8-9-17(19)16-7-5-4-6-15(14)16/h4-9,20H,10-13H2,1-3H3. The normalized spacial score (nSPS) is 12.0. The monoisotopic (exact) mass is 289 g/mol.